The molecule has 1 atom stereocenters. The molecule has 0 saturated carbocycles. The maximum atomic E-state index is 11.8. The van der Waals surface area contributed by atoms with Crippen LogP contribution in [0.5, 0.6) is 11.5 Å². The van der Waals surface area contributed by atoms with Gasteiger partial charge in [-0.25, -0.2) is 0 Å². The lowest BCUT2D eigenvalue weighted by Crippen LogP contribution is -2.33. The van der Waals surface area contributed by atoms with Crippen LogP contribution in [0.3, 0.4) is 0 Å². The summed E-state index contributed by atoms with van der Waals surface area (Å²) in [5, 5.41) is 10.2. The monoisotopic (exact) mass is 516 g/mol. The first-order valence-corrected chi connectivity index (χ1v) is 12.4. The van der Waals surface area contributed by atoms with E-state index in [0.29, 0.717) is 35.5 Å². The van der Waals surface area contributed by atoms with Crippen LogP contribution >= 0.6 is 11.6 Å². The number of halogens is 1. The molecule has 0 aromatic heterocycles. The number of carboxylic acids is 1. The van der Waals surface area contributed by atoms with Crippen LogP contribution in [0.15, 0.2) is 42.5 Å². The number of hydrogen-bond acceptors (Lipinski definition) is 6. The number of hydrogen-bond donors (Lipinski definition) is 1. The summed E-state index contributed by atoms with van der Waals surface area (Å²) in [6.07, 6.45) is 0.464. The van der Waals surface area contributed by atoms with Gasteiger partial charge in [-0.3, -0.25) is 24.2 Å². The second-order valence-electron chi connectivity index (χ2n) is 9.26. The Kier molecular flexibility index (Phi) is 9.73. The van der Waals surface area contributed by atoms with Crippen molar-refractivity contribution in [3.63, 3.8) is 0 Å². The van der Waals surface area contributed by atoms with Crippen molar-refractivity contribution in [2.45, 2.75) is 45.7 Å². The predicted octanol–water partition coefficient (Wildman–Crippen LogP) is 4.55. The zero-order chi connectivity index (χ0) is 26.2. The molecule has 3 rings (SSSR count). The highest BCUT2D eigenvalue weighted by Crippen LogP contribution is 2.32. The number of methoxy groups -OCH3 is 1. The molecule has 1 aliphatic rings. The van der Waals surface area contributed by atoms with E-state index in [0.717, 1.165) is 11.1 Å². The summed E-state index contributed by atoms with van der Waals surface area (Å²) in [6, 6.07) is 12.5. The lowest BCUT2D eigenvalue weighted by molar-refractivity contribution is -0.140. The van der Waals surface area contributed by atoms with Crippen molar-refractivity contribution >= 4 is 29.4 Å². The smallest absolute Gasteiger partial charge is 0.305 e. The van der Waals surface area contributed by atoms with E-state index in [1.165, 1.54) is 4.90 Å². The van der Waals surface area contributed by atoms with Crippen molar-refractivity contribution in [2.75, 3.05) is 26.8 Å². The van der Waals surface area contributed by atoms with Crippen LogP contribution < -0.4 is 9.47 Å². The van der Waals surface area contributed by atoms with E-state index in [9.17, 15) is 19.5 Å². The number of rotatable bonds is 13. The molecule has 0 bridgehead atoms. The predicted molar refractivity (Wildman–Crippen MR) is 136 cm³/mol. The number of aliphatic carboxylic acids is 1. The Bertz CT molecular complexity index is 1060. The molecule has 1 fully saturated rings. The molecule has 0 spiro atoms. The van der Waals surface area contributed by atoms with Crippen molar-refractivity contribution in [1.29, 1.82) is 0 Å². The number of ether oxygens (including phenoxy) is 2. The molecule has 36 heavy (non-hydrogen) atoms. The third-order valence-electron chi connectivity index (χ3n) is 6.00. The molecular weight excluding hydrogens is 484 g/mol. The minimum Gasteiger partial charge on any atom is -0.493 e. The normalized spacial score (nSPS) is 14.6. The first-order valence-electron chi connectivity index (χ1n) is 12.0. The highest BCUT2D eigenvalue weighted by atomic mass is 35.5. The summed E-state index contributed by atoms with van der Waals surface area (Å²) < 4.78 is 11.4. The topological polar surface area (TPSA) is 96.4 Å². The van der Waals surface area contributed by atoms with Gasteiger partial charge in [0.05, 0.1) is 20.1 Å². The number of carboxylic acid groups (broad SMARTS) is 1. The third-order valence-corrected chi connectivity index (χ3v) is 6.26. The quantitative estimate of drug-likeness (QED) is 0.390. The standard InChI is InChI=1S/C27H33ClN2O6/c1-18(2)16-29(22(15-27(33)34)20-5-7-21(28)8-6-20)17-19-4-9-23(24(14-19)35-3)36-13-12-30-25(31)10-11-26(30)32/h4-9,14,18,22H,10-13,15-17H2,1-3H3,(H,33,34). The molecule has 194 valence electrons. The molecule has 0 aliphatic carbocycles. The van der Waals surface area contributed by atoms with E-state index in [-0.39, 0.29) is 50.3 Å². The molecular formula is C27H33ClN2O6. The number of likely N-dealkylation sites (tertiary alicyclic amines) is 1. The molecule has 1 aliphatic heterocycles. The molecule has 2 aromatic carbocycles. The summed E-state index contributed by atoms with van der Waals surface area (Å²) in [5.74, 6) is 0.127. The number of carbonyl (C=O) groups excluding carboxylic acids is 2. The van der Waals surface area contributed by atoms with Gasteiger partial charge in [0.25, 0.3) is 0 Å². The number of benzene rings is 2. The van der Waals surface area contributed by atoms with Crippen LogP contribution in [0.4, 0.5) is 0 Å². The van der Waals surface area contributed by atoms with E-state index in [1.807, 2.05) is 24.3 Å². The highest BCUT2D eigenvalue weighted by Gasteiger charge is 2.28. The number of amides is 2. The Morgan fingerprint density at radius 3 is 2.33 bits per heavy atom. The zero-order valence-corrected chi connectivity index (χ0v) is 21.7. The van der Waals surface area contributed by atoms with Crippen molar-refractivity contribution in [2.24, 2.45) is 5.92 Å². The highest BCUT2D eigenvalue weighted by molar-refractivity contribution is 6.30. The average molecular weight is 517 g/mol. The Balaban J connectivity index is 1.77. The second-order valence-corrected chi connectivity index (χ2v) is 9.70. The van der Waals surface area contributed by atoms with Gasteiger partial charge in [-0.1, -0.05) is 43.6 Å². The van der Waals surface area contributed by atoms with Gasteiger partial charge in [-0.2, -0.15) is 0 Å². The minimum absolute atomic E-state index is 0.0410. The van der Waals surface area contributed by atoms with Gasteiger partial charge >= 0.3 is 5.97 Å². The summed E-state index contributed by atoms with van der Waals surface area (Å²) >= 11 is 6.06. The van der Waals surface area contributed by atoms with Gasteiger partial charge in [0.2, 0.25) is 11.8 Å². The van der Waals surface area contributed by atoms with Crippen LogP contribution in [0, 0.1) is 5.92 Å². The van der Waals surface area contributed by atoms with Gasteiger partial charge in [-0.15, -0.1) is 0 Å². The fraction of sp³-hybridized carbons (Fsp3) is 0.444. The summed E-state index contributed by atoms with van der Waals surface area (Å²) in [5.41, 5.74) is 1.83. The van der Waals surface area contributed by atoms with Crippen LogP contribution in [0.25, 0.3) is 0 Å². The third kappa shape index (κ3) is 7.45. The maximum Gasteiger partial charge on any atom is 0.305 e. The van der Waals surface area contributed by atoms with Crippen molar-refractivity contribution in [3.8, 4) is 11.5 Å². The SMILES string of the molecule is COc1cc(CN(CC(C)C)C(CC(=O)O)c2ccc(Cl)cc2)ccc1OCCN1C(=O)CCC1=O. The lowest BCUT2D eigenvalue weighted by Gasteiger charge is -2.33. The Morgan fingerprint density at radius 2 is 1.75 bits per heavy atom. The lowest BCUT2D eigenvalue weighted by atomic mass is 9.99. The molecule has 1 unspecified atom stereocenters. The molecule has 1 heterocycles. The molecule has 2 amide bonds. The van der Waals surface area contributed by atoms with E-state index < -0.39 is 5.97 Å². The van der Waals surface area contributed by atoms with Gasteiger partial charge in [0.15, 0.2) is 11.5 Å². The molecule has 1 saturated heterocycles. The van der Waals surface area contributed by atoms with Crippen LogP contribution in [0.1, 0.15) is 50.3 Å². The van der Waals surface area contributed by atoms with E-state index in [4.69, 9.17) is 21.1 Å². The van der Waals surface area contributed by atoms with Crippen LogP contribution in [0.2, 0.25) is 5.02 Å². The summed E-state index contributed by atoms with van der Waals surface area (Å²) in [4.78, 5) is 38.7. The number of nitrogens with zero attached hydrogens (tertiary/aromatic N) is 2. The molecule has 1 N–H and O–H groups in total. The van der Waals surface area contributed by atoms with E-state index in [2.05, 4.69) is 18.7 Å². The minimum atomic E-state index is -0.875. The van der Waals surface area contributed by atoms with Crippen molar-refractivity contribution in [3.05, 3.63) is 58.6 Å². The second kappa shape index (κ2) is 12.7. The maximum absolute atomic E-state index is 11.8. The fourth-order valence-corrected chi connectivity index (χ4v) is 4.49. The van der Waals surface area contributed by atoms with Gasteiger partial charge in [0.1, 0.15) is 6.61 Å². The first-order chi connectivity index (χ1) is 17.2. The average Bonchev–Trinajstić information content (AvgIpc) is 3.15. The molecule has 0 radical (unpaired) electrons. The molecule has 8 nitrogen and oxygen atoms in total. The molecule has 9 heteroatoms. The van der Waals surface area contributed by atoms with Crippen LogP contribution in [-0.2, 0) is 20.9 Å². The summed E-state index contributed by atoms with van der Waals surface area (Å²) in [6.45, 7) is 5.76. The van der Waals surface area contributed by atoms with Crippen LogP contribution in [-0.4, -0.2) is 59.5 Å². The fourth-order valence-electron chi connectivity index (χ4n) is 4.36. The van der Waals surface area contributed by atoms with Gasteiger partial charge in [0, 0.05) is 37.0 Å². The van der Waals surface area contributed by atoms with Crippen molar-refractivity contribution < 1.29 is 29.0 Å². The molecule has 2 aromatic rings. The number of imide groups is 1. The number of carbonyl (C=O) groups is 3. The zero-order valence-electron chi connectivity index (χ0n) is 20.9. The Hall–Kier alpha value is -3.10. The van der Waals surface area contributed by atoms with Gasteiger partial charge in [-0.05, 0) is 41.3 Å². The van der Waals surface area contributed by atoms with Crippen molar-refractivity contribution in [1.82, 2.24) is 9.80 Å². The van der Waals surface area contributed by atoms with Gasteiger partial charge < -0.3 is 14.6 Å². The Labute approximate surface area is 216 Å². The Morgan fingerprint density at radius 1 is 1.08 bits per heavy atom. The van der Waals surface area contributed by atoms with E-state index in [1.54, 1.807) is 25.3 Å². The largest absolute Gasteiger partial charge is 0.493 e. The van der Waals surface area contributed by atoms with E-state index >= 15 is 0 Å². The first kappa shape index (κ1) is 27.5. The summed E-state index contributed by atoms with van der Waals surface area (Å²) in [7, 11) is 1.55.